The van der Waals surface area contributed by atoms with Crippen LogP contribution in [0.4, 0.5) is 5.69 Å². The standard InChI is InChI=1S/C19H16N2O4/c1-24-12-8-6-11(7-9-12)20-10-15-21-16-18(23)17(22)13-4-2-3-5-14(13)19(16)25-15/h2-9,20,22-23H,10H2,1H3. The molecule has 1 heterocycles. The smallest absolute Gasteiger partial charge is 0.214 e. The maximum absolute atomic E-state index is 10.2. The number of oxazole rings is 1. The Morgan fingerprint density at radius 3 is 2.44 bits per heavy atom. The van der Waals surface area contributed by atoms with Crippen LogP contribution in [0.15, 0.2) is 52.9 Å². The van der Waals surface area contributed by atoms with Gasteiger partial charge in [-0.3, -0.25) is 0 Å². The SMILES string of the molecule is COc1ccc(NCc2nc3c(O)c(O)c4ccccc4c3o2)cc1. The second kappa shape index (κ2) is 5.90. The summed E-state index contributed by atoms with van der Waals surface area (Å²) in [7, 11) is 1.62. The first-order valence-corrected chi connectivity index (χ1v) is 7.77. The maximum atomic E-state index is 10.2. The molecule has 4 rings (SSSR count). The summed E-state index contributed by atoms with van der Waals surface area (Å²) in [5.74, 6) is 0.732. The van der Waals surface area contributed by atoms with Crippen molar-refractivity contribution in [3.63, 3.8) is 0 Å². The molecule has 0 unspecified atom stereocenters. The topological polar surface area (TPSA) is 87.8 Å². The zero-order valence-electron chi connectivity index (χ0n) is 13.5. The molecular formula is C19H16N2O4. The molecule has 0 aliphatic heterocycles. The molecule has 0 spiro atoms. The molecule has 0 fully saturated rings. The van der Waals surface area contributed by atoms with Gasteiger partial charge in [0, 0.05) is 16.5 Å². The van der Waals surface area contributed by atoms with Crippen molar-refractivity contribution in [3.8, 4) is 17.2 Å². The number of phenols is 2. The normalized spacial score (nSPS) is 11.1. The van der Waals surface area contributed by atoms with E-state index < -0.39 is 0 Å². The highest BCUT2D eigenvalue weighted by Crippen LogP contribution is 2.41. The number of hydrogen-bond acceptors (Lipinski definition) is 6. The minimum absolute atomic E-state index is 0.189. The van der Waals surface area contributed by atoms with E-state index in [1.165, 1.54) is 0 Å². The van der Waals surface area contributed by atoms with E-state index in [-0.39, 0.29) is 17.0 Å². The van der Waals surface area contributed by atoms with E-state index >= 15 is 0 Å². The van der Waals surface area contributed by atoms with Crippen molar-refractivity contribution >= 4 is 27.6 Å². The Morgan fingerprint density at radius 2 is 1.72 bits per heavy atom. The number of fused-ring (bicyclic) bond motifs is 3. The molecule has 0 aliphatic rings. The molecule has 6 heteroatoms. The van der Waals surface area contributed by atoms with E-state index in [1.807, 2.05) is 36.4 Å². The first-order chi connectivity index (χ1) is 12.2. The van der Waals surface area contributed by atoms with E-state index in [4.69, 9.17) is 9.15 Å². The lowest BCUT2D eigenvalue weighted by Crippen LogP contribution is -1.99. The summed E-state index contributed by atoms with van der Waals surface area (Å²) in [4.78, 5) is 4.31. The van der Waals surface area contributed by atoms with Crippen molar-refractivity contribution in [2.45, 2.75) is 6.54 Å². The van der Waals surface area contributed by atoms with Gasteiger partial charge in [-0.05, 0) is 24.3 Å². The average Bonchev–Trinajstić information content (AvgIpc) is 3.09. The summed E-state index contributed by atoms with van der Waals surface area (Å²) in [5, 5.41) is 24.8. The molecule has 4 aromatic rings. The monoisotopic (exact) mass is 336 g/mol. The number of phenolic OH excluding ortho intramolecular Hbond substituents is 2. The molecule has 0 saturated heterocycles. The molecule has 0 radical (unpaired) electrons. The summed E-state index contributed by atoms with van der Waals surface area (Å²) in [5.41, 5.74) is 1.60. The molecule has 0 saturated carbocycles. The van der Waals surface area contributed by atoms with Gasteiger partial charge in [0.05, 0.1) is 13.7 Å². The minimum atomic E-state index is -0.270. The molecule has 3 N–H and O–H groups in total. The van der Waals surface area contributed by atoms with Crippen LogP contribution < -0.4 is 10.1 Å². The number of aromatic nitrogens is 1. The zero-order valence-corrected chi connectivity index (χ0v) is 13.5. The predicted molar refractivity (Wildman–Crippen MR) is 95.2 cm³/mol. The Hall–Kier alpha value is -3.41. The summed E-state index contributed by atoms with van der Waals surface area (Å²) in [6.07, 6.45) is 0. The van der Waals surface area contributed by atoms with Crippen LogP contribution in [0.3, 0.4) is 0 Å². The summed E-state index contributed by atoms with van der Waals surface area (Å²) in [6, 6.07) is 14.7. The van der Waals surface area contributed by atoms with Crippen LogP contribution in [0.1, 0.15) is 5.89 Å². The molecule has 6 nitrogen and oxygen atoms in total. The number of methoxy groups -OCH3 is 1. The van der Waals surface area contributed by atoms with Crippen molar-refractivity contribution in [1.82, 2.24) is 4.98 Å². The van der Waals surface area contributed by atoms with Gasteiger partial charge in [0.1, 0.15) is 5.75 Å². The van der Waals surface area contributed by atoms with E-state index in [0.717, 1.165) is 11.4 Å². The van der Waals surface area contributed by atoms with Gasteiger partial charge < -0.3 is 24.7 Å². The van der Waals surface area contributed by atoms with Crippen molar-refractivity contribution in [2.24, 2.45) is 0 Å². The molecular weight excluding hydrogens is 320 g/mol. The lowest BCUT2D eigenvalue weighted by molar-refractivity contribution is 0.412. The molecule has 126 valence electrons. The van der Waals surface area contributed by atoms with Gasteiger partial charge in [-0.2, -0.15) is 0 Å². The zero-order chi connectivity index (χ0) is 17.4. The van der Waals surface area contributed by atoms with Crippen molar-refractivity contribution in [3.05, 3.63) is 54.4 Å². The number of benzene rings is 3. The van der Waals surface area contributed by atoms with Crippen molar-refractivity contribution in [1.29, 1.82) is 0 Å². The van der Waals surface area contributed by atoms with Gasteiger partial charge in [-0.1, -0.05) is 24.3 Å². The lowest BCUT2D eigenvalue weighted by Gasteiger charge is -2.04. The van der Waals surface area contributed by atoms with Crippen LogP contribution in [0.2, 0.25) is 0 Å². The Morgan fingerprint density at radius 1 is 1.00 bits per heavy atom. The number of nitrogens with one attached hydrogen (secondary N) is 1. The predicted octanol–water partition coefficient (Wildman–Crippen LogP) is 4.01. The fourth-order valence-corrected chi connectivity index (χ4v) is 2.80. The number of hydrogen-bond donors (Lipinski definition) is 3. The van der Waals surface area contributed by atoms with Crippen molar-refractivity contribution < 1.29 is 19.4 Å². The van der Waals surface area contributed by atoms with Crippen LogP contribution in [0, 0.1) is 0 Å². The molecule has 0 aliphatic carbocycles. The summed E-state index contributed by atoms with van der Waals surface area (Å²) >= 11 is 0. The van der Waals surface area contributed by atoms with Gasteiger partial charge >= 0.3 is 0 Å². The third-order valence-electron chi connectivity index (χ3n) is 4.08. The van der Waals surface area contributed by atoms with Crippen LogP contribution in [-0.4, -0.2) is 22.3 Å². The molecule has 0 amide bonds. The third-order valence-corrected chi connectivity index (χ3v) is 4.08. The fraction of sp³-hybridized carbons (Fsp3) is 0.105. The summed E-state index contributed by atoms with van der Waals surface area (Å²) in [6.45, 7) is 0.343. The van der Waals surface area contributed by atoms with E-state index in [1.54, 1.807) is 19.2 Å². The highest BCUT2D eigenvalue weighted by molar-refractivity contribution is 6.09. The number of aromatic hydroxyl groups is 2. The molecule has 25 heavy (non-hydrogen) atoms. The molecule has 0 atom stereocenters. The van der Waals surface area contributed by atoms with Crippen LogP contribution in [-0.2, 0) is 6.54 Å². The highest BCUT2D eigenvalue weighted by Gasteiger charge is 2.18. The molecule has 0 bridgehead atoms. The number of ether oxygens (including phenoxy) is 1. The second-order valence-electron chi connectivity index (χ2n) is 5.61. The Labute approximate surface area is 143 Å². The van der Waals surface area contributed by atoms with E-state index in [2.05, 4.69) is 10.3 Å². The highest BCUT2D eigenvalue weighted by atomic mass is 16.5. The largest absolute Gasteiger partial charge is 0.504 e. The minimum Gasteiger partial charge on any atom is -0.504 e. The Kier molecular flexibility index (Phi) is 3.57. The van der Waals surface area contributed by atoms with Gasteiger partial charge in [0.25, 0.3) is 0 Å². The number of rotatable bonds is 4. The number of nitrogens with zero attached hydrogens (tertiary/aromatic N) is 1. The summed E-state index contributed by atoms with van der Waals surface area (Å²) < 4.78 is 10.9. The number of anilines is 1. The lowest BCUT2D eigenvalue weighted by atomic mass is 10.1. The van der Waals surface area contributed by atoms with Crippen LogP contribution in [0.25, 0.3) is 21.9 Å². The second-order valence-corrected chi connectivity index (χ2v) is 5.61. The molecule has 1 aromatic heterocycles. The Bertz CT molecular complexity index is 1050. The van der Waals surface area contributed by atoms with Gasteiger partial charge in [0.15, 0.2) is 22.6 Å². The average molecular weight is 336 g/mol. The van der Waals surface area contributed by atoms with Gasteiger partial charge in [-0.25, -0.2) is 4.98 Å². The Balaban J connectivity index is 1.69. The van der Waals surface area contributed by atoms with Crippen molar-refractivity contribution in [2.75, 3.05) is 12.4 Å². The fourth-order valence-electron chi connectivity index (χ4n) is 2.80. The maximum Gasteiger partial charge on any atom is 0.214 e. The van der Waals surface area contributed by atoms with E-state index in [9.17, 15) is 10.2 Å². The third kappa shape index (κ3) is 2.57. The van der Waals surface area contributed by atoms with Crippen LogP contribution in [0.5, 0.6) is 17.2 Å². The first-order valence-electron chi connectivity index (χ1n) is 7.77. The van der Waals surface area contributed by atoms with Crippen LogP contribution >= 0.6 is 0 Å². The van der Waals surface area contributed by atoms with Gasteiger partial charge in [0.2, 0.25) is 5.89 Å². The quantitative estimate of drug-likeness (QED) is 0.488. The van der Waals surface area contributed by atoms with Gasteiger partial charge in [-0.15, -0.1) is 0 Å². The molecule has 3 aromatic carbocycles. The first kappa shape index (κ1) is 15.1. The van der Waals surface area contributed by atoms with E-state index in [0.29, 0.717) is 28.8 Å².